The maximum absolute atomic E-state index is 13.8. The molecule has 2 rings (SSSR count). The summed E-state index contributed by atoms with van der Waals surface area (Å²) in [6.45, 7) is 4.34. The molecule has 0 fully saturated rings. The van der Waals surface area contributed by atoms with E-state index in [4.69, 9.17) is 10.7 Å². The zero-order valence-corrected chi connectivity index (χ0v) is 12.1. The predicted molar refractivity (Wildman–Crippen MR) is 74.4 cm³/mol. The van der Waals surface area contributed by atoms with Crippen LogP contribution in [0, 0.1) is 5.82 Å². The van der Waals surface area contributed by atoms with Crippen molar-refractivity contribution in [2.45, 2.75) is 25.3 Å². The lowest BCUT2D eigenvalue weighted by atomic mass is 10.2. The first-order valence-corrected chi connectivity index (χ1v) is 7.97. The zero-order valence-electron chi connectivity index (χ0n) is 10.5. The minimum atomic E-state index is -3.98. The van der Waals surface area contributed by atoms with Crippen LogP contribution in [0.2, 0.25) is 0 Å². The molecule has 0 spiro atoms. The zero-order chi connectivity index (χ0) is 14.2. The Morgan fingerprint density at radius 3 is 2.68 bits per heavy atom. The third kappa shape index (κ3) is 2.82. The molecule has 19 heavy (non-hydrogen) atoms. The van der Waals surface area contributed by atoms with Gasteiger partial charge in [0.1, 0.15) is 10.7 Å². The van der Waals surface area contributed by atoms with E-state index < -0.39 is 14.9 Å². The summed E-state index contributed by atoms with van der Waals surface area (Å²) < 4.78 is 38.5. The van der Waals surface area contributed by atoms with Gasteiger partial charge in [-0.2, -0.15) is 0 Å². The van der Waals surface area contributed by atoms with Gasteiger partial charge in [-0.15, -0.1) is 0 Å². The van der Waals surface area contributed by atoms with Crippen molar-refractivity contribution in [1.82, 2.24) is 4.57 Å². The van der Waals surface area contributed by atoms with E-state index in [0.717, 1.165) is 5.57 Å². The summed E-state index contributed by atoms with van der Waals surface area (Å²) in [6.07, 6.45) is 3.30. The molecule has 0 N–H and O–H groups in total. The van der Waals surface area contributed by atoms with Crippen molar-refractivity contribution in [3.63, 3.8) is 0 Å². The number of aromatic nitrogens is 1. The van der Waals surface area contributed by atoms with Crippen molar-refractivity contribution < 1.29 is 12.8 Å². The number of benzene rings is 1. The second-order valence-electron chi connectivity index (χ2n) is 4.50. The van der Waals surface area contributed by atoms with Crippen molar-refractivity contribution in [2.24, 2.45) is 0 Å². The average Bonchev–Trinajstić information content (AvgIpc) is 2.66. The van der Waals surface area contributed by atoms with E-state index in [1.807, 2.05) is 19.9 Å². The molecule has 0 aliphatic carbocycles. The van der Waals surface area contributed by atoms with Crippen LogP contribution in [0.15, 0.2) is 40.9 Å². The summed E-state index contributed by atoms with van der Waals surface area (Å²) in [4.78, 5) is -0.190. The minimum absolute atomic E-state index is 0.0413. The Balaban J connectivity index is 2.75. The van der Waals surface area contributed by atoms with Gasteiger partial charge in [-0.05, 0) is 26.0 Å². The van der Waals surface area contributed by atoms with E-state index in [1.165, 1.54) is 12.3 Å². The number of hydrogen-bond donors (Lipinski definition) is 0. The summed E-state index contributed by atoms with van der Waals surface area (Å²) in [7, 11) is 1.38. The summed E-state index contributed by atoms with van der Waals surface area (Å²) in [5.41, 5.74) is 1.60. The molecule has 1 aromatic carbocycles. The normalized spacial score (nSPS) is 11.8. The average molecular weight is 302 g/mol. The Bertz CT molecular complexity index is 758. The van der Waals surface area contributed by atoms with Crippen LogP contribution in [0.25, 0.3) is 10.9 Å². The van der Waals surface area contributed by atoms with Gasteiger partial charge < -0.3 is 4.57 Å². The number of halogens is 2. The molecule has 0 aliphatic heterocycles. The van der Waals surface area contributed by atoms with Gasteiger partial charge in [-0.1, -0.05) is 17.7 Å². The fourth-order valence-corrected chi connectivity index (χ4v) is 2.94. The lowest BCUT2D eigenvalue weighted by molar-refractivity contribution is 0.607. The van der Waals surface area contributed by atoms with Crippen LogP contribution in [-0.4, -0.2) is 13.0 Å². The smallest absolute Gasteiger partial charge is 0.263 e. The van der Waals surface area contributed by atoms with Crippen LogP contribution in [-0.2, 0) is 15.6 Å². The first kappa shape index (κ1) is 14.1. The van der Waals surface area contributed by atoms with Crippen molar-refractivity contribution in [2.75, 3.05) is 0 Å². The van der Waals surface area contributed by atoms with Gasteiger partial charge in [0, 0.05) is 23.4 Å². The molecule has 0 radical (unpaired) electrons. The highest BCUT2D eigenvalue weighted by molar-refractivity contribution is 8.14. The van der Waals surface area contributed by atoms with Crippen molar-refractivity contribution in [1.29, 1.82) is 0 Å². The third-order valence-electron chi connectivity index (χ3n) is 2.78. The highest BCUT2D eigenvalue weighted by Gasteiger charge is 2.21. The molecule has 1 heterocycles. The van der Waals surface area contributed by atoms with E-state index in [1.54, 1.807) is 16.7 Å². The molecular formula is C13H13ClFNO2S. The summed E-state index contributed by atoms with van der Waals surface area (Å²) in [5.74, 6) is -0.590. The molecule has 0 amide bonds. The van der Waals surface area contributed by atoms with E-state index in [0.29, 0.717) is 12.1 Å². The Kier molecular flexibility index (Phi) is 3.69. The fourth-order valence-electron chi connectivity index (χ4n) is 1.89. The number of rotatable bonds is 3. The minimum Gasteiger partial charge on any atom is -0.342 e. The van der Waals surface area contributed by atoms with Crippen LogP contribution in [0.1, 0.15) is 13.8 Å². The van der Waals surface area contributed by atoms with Crippen LogP contribution >= 0.6 is 10.7 Å². The molecule has 1 aromatic heterocycles. The molecule has 3 nitrogen and oxygen atoms in total. The Labute approximate surface area is 115 Å². The SMILES string of the molecule is CC(C)=CCn1cc(S(=O)(=O)Cl)c2c(F)cccc21. The van der Waals surface area contributed by atoms with Gasteiger partial charge in [0.05, 0.1) is 10.9 Å². The largest absolute Gasteiger partial charge is 0.342 e. The summed E-state index contributed by atoms with van der Waals surface area (Å²) in [6, 6.07) is 4.43. The van der Waals surface area contributed by atoms with E-state index >= 15 is 0 Å². The quantitative estimate of drug-likeness (QED) is 0.641. The molecule has 102 valence electrons. The van der Waals surface area contributed by atoms with E-state index in [9.17, 15) is 12.8 Å². The summed E-state index contributed by atoms with van der Waals surface area (Å²) in [5, 5.41) is 0.0413. The molecule has 0 aliphatic rings. The maximum atomic E-state index is 13.8. The van der Waals surface area contributed by atoms with Gasteiger partial charge >= 0.3 is 0 Å². The third-order valence-corrected chi connectivity index (χ3v) is 4.11. The second-order valence-corrected chi connectivity index (χ2v) is 7.03. The van der Waals surface area contributed by atoms with Crippen LogP contribution in [0.3, 0.4) is 0 Å². The molecule has 0 unspecified atom stereocenters. The van der Waals surface area contributed by atoms with Crippen molar-refractivity contribution in [3.05, 3.63) is 41.9 Å². The highest BCUT2D eigenvalue weighted by atomic mass is 35.7. The number of hydrogen-bond acceptors (Lipinski definition) is 2. The van der Waals surface area contributed by atoms with Gasteiger partial charge in [0.2, 0.25) is 0 Å². The maximum Gasteiger partial charge on any atom is 0.263 e. The van der Waals surface area contributed by atoms with Gasteiger partial charge in [-0.3, -0.25) is 0 Å². The number of allylic oxidation sites excluding steroid dienone is 2. The van der Waals surface area contributed by atoms with Gasteiger partial charge in [-0.25, -0.2) is 12.8 Å². The van der Waals surface area contributed by atoms with Gasteiger partial charge in [0.25, 0.3) is 9.05 Å². The molecule has 0 bridgehead atoms. The van der Waals surface area contributed by atoms with Crippen LogP contribution < -0.4 is 0 Å². The number of fused-ring (bicyclic) bond motifs is 1. The van der Waals surface area contributed by atoms with Gasteiger partial charge in [0.15, 0.2) is 0 Å². The Morgan fingerprint density at radius 2 is 2.11 bits per heavy atom. The molecule has 2 aromatic rings. The highest BCUT2D eigenvalue weighted by Crippen LogP contribution is 2.30. The first-order chi connectivity index (χ1) is 8.80. The molecule has 6 heteroatoms. The van der Waals surface area contributed by atoms with Crippen LogP contribution in [0.4, 0.5) is 4.39 Å². The van der Waals surface area contributed by atoms with Crippen LogP contribution in [0.5, 0.6) is 0 Å². The lowest BCUT2D eigenvalue weighted by Crippen LogP contribution is -1.93. The molecule has 0 atom stereocenters. The standard InChI is InChI=1S/C13H13ClFNO2S/c1-9(2)6-7-16-8-12(19(14,17)18)13-10(15)4-3-5-11(13)16/h3-6,8H,7H2,1-2H3. The predicted octanol–water partition coefficient (Wildman–Crippen LogP) is 3.67. The first-order valence-electron chi connectivity index (χ1n) is 5.66. The van der Waals surface area contributed by atoms with Crippen molar-refractivity contribution >= 4 is 30.6 Å². The lowest BCUT2D eigenvalue weighted by Gasteiger charge is -2.01. The topological polar surface area (TPSA) is 39.1 Å². The molecule has 0 saturated carbocycles. The molecular weight excluding hydrogens is 289 g/mol. The molecule has 0 saturated heterocycles. The number of nitrogens with zero attached hydrogens (tertiary/aromatic N) is 1. The van der Waals surface area contributed by atoms with E-state index in [2.05, 4.69) is 0 Å². The van der Waals surface area contributed by atoms with Crippen molar-refractivity contribution in [3.8, 4) is 0 Å². The Morgan fingerprint density at radius 1 is 1.42 bits per heavy atom. The fraction of sp³-hybridized carbons (Fsp3) is 0.231. The monoisotopic (exact) mass is 301 g/mol. The van der Waals surface area contributed by atoms with E-state index in [-0.39, 0.29) is 10.3 Å². The second kappa shape index (κ2) is 4.98. The summed E-state index contributed by atoms with van der Waals surface area (Å²) >= 11 is 0. The Hall–Kier alpha value is -1.33.